The van der Waals surface area contributed by atoms with Crippen LogP contribution < -0.4 is 15.0 Å². The fourth-order valence-corrected chi connectivity index (χ4v) is 3.10. The number of amides is 1. The third-order valence-corrected chi connectivity index (χ3v) is 4.40. The molecule has 2 aromatic carbocycles. The van der Waals surface area contributed by atoms with Gasteiger partial charge in [0.15, 0.2) is 11.5 Å². The summed E-state index contributed by atoms with van der Waals surface area (Å²) in [6.07, 6.45) is 0.980. The van der Waals surface area contributed by atoms with Crippen LogP contribution in [0.5, 0.6) is 5.75 Å². The third kappa shape index (κ3) is 2.97. The highest BCUT2D eigenvalue weighted by Gasteiger charge is 2.21. The van der Waals surface area contributed by atoms with E-state index < -0.39 is 0 Å². The van der Waals surface area contributed by atoms with E-state index in [1.807, 2.05) is 30.3 Å². The van der Waals surface area contributed by atoms with Gasteiger partial charge in [-0.3, -0.25) is 4.79 Å². The maximum atomic E-state index is 12.4. The highest BCUT2D eigenvalue weighted by molar-refractivity contribution is 6.03. The Kier molecular flexibility index (Phi) is 4.23. The molecular formula is C20H18N4O2. The Hall–Kier alpha value is -3.41. The summed E-state index contributed by atoms with van der Waals surface area (Å²) in [6, 6.07) is 19.0. The smallest absolute Gasteiger partial charge is 0.276 e. The van der Waals surface area contributed by atoms with Crippen molar-refractivity contribution in [1.29, 1.82) is 0 Å². The van der Waals surface area contributed by atoms with Crippen molar-refractivity contribution in [3.63, 3.8) is 0 Å². The van der Waals surface area contributed by atoms with Gasteiger partial charge in [0.25, 0.3) is 5.91 Å². The molecule has 4 rings (SSSR count). The number of aromatic nitrogens is 2. The predicted octanol–water partition coefficient (Wildman–Crippen LogP) is 3.43. The van der Waals surface area contributed by atoms with Crippen LogP contribution in [0.3, 0.4) is 0 Å². The summed E-state index contributed by atoms with van der Waals surface area (Å²) in [6.45, 7) is 0.862. The zero-order valence-corrected chi connectivity index (χ0v) is 14.3. The number of rotatable bonds is 4. The van der Waals surface area contributed by atoms with Crippen LogP contribution in [0, 0.1) is 0 Å². The molecule has 0 unspecified atom stereocenters. The zero-order valence-electron chi connectivity index (χ0n) is 14.3. The lowest BCUT2D eigenvalue weighted by molar-refractivity contribution is 0.102. The van der Waals surface area contributed by atoms with Gasteiger partial charge < -0.3 is 15.0 Å². The molecule has 26 heavy (non-hydrogen) atoms. The molecule has 130 valence electrons. The Morgan fingerprint density at radius 2 is 1.85 bits per heavy atom. The number of anilines is 3. The molecule has 0 saturated heterocycles. The molecule has 1 aliphatic rings. The van der Waals surface area contributed by atoms with E-state index in [9.17, 15) is 4.79 Å². The van der Waals surface area contributed by atoms with Crippen molar-refractivity contribution >= 4 is 23.1 Å². The second-order valence-electron chi connectivity index (χ2n) is 5.96. The number of nitrogens with one attached hydrogen (secondary N) is 1. The highest BCUT2D eigenvalue weighted by Crippen LogP contribution is 2.32. The first-order valence-electron chi connectivity index (χ1n) is 8.40. The van der Waals surface area contributed by atoms with Gasteiger partial charge in [-0.05, 0) is 42.3 Å². The minimum atomic E-state index is -0.324. The number of nitrogens with zero attached hydrogens (tertiary/aromatic N) is 3. The topological polar surface area (TPSA) is 67.3 Å². The monoisotopic (exact) mass is 346 g/mol. The Bertz CT molecular complexity index is 941. The van der Waals surface area contributed by atoms with Crippen LogP contribution in [0.25, 0.3) is 0 Å². The Morgan fingerprint density at radius 1 is 1.04 bits per heavy atom. The van der Waals surface area contributed by atoms with Crippen molar-refractivity contribution in [3.05, 3.63) is 71.9 Å². The van der Waals surface area contributed by atoms with E-state index in [0.717, 1.165) is 24.5 Å². The quantitative estimate of drug-likeness (QED) is 0.784. The number of carbonyl (C=O) groups is 1. The van der Waals surface area contributed by atoms with Crippen LogP contribution in [-0.2, 0) is 6.42 Å². The average Bonchev–Trinajstić information content (AvgIpc) is 3.12. The Morgan fingerprint density at radius 3 is 2.65 bits per heavy atom. The second kappa shape index (κ2) is 6.84. The van der Waals surface area contributed by atoms with Crippen LogP contribution in [-0.4, -0.2) is 29.8 Å². The summed E-state index contributed by atoms with van der Waals surface area (Å²) in [4.78, 5) is 14.5. The summed E-state index contributed by atoms with van der Waals surface area (Å²) in [5.74, 6) is 1.01. The van der Waals surface area contributed by atoms with E-state index in [-0.39, 0.29) is 11.6 Å². The fourth-order valence-electron chi connectivity index (χ4n) is 3.10. The summed E-state index contributed by atoms with van der Waals surface area (Å²) < 4.78 is 5.24. The van der Waals surface area contributed by atoms with Crippen molar-refractivity contribution in [2.75, 3.05) is 23.9 Å². The normalized spacial score (nSPS) is 12.6. The van der Waals surface area contributed by atoms with E-state index >= 15 is 0 Å². The van der Waals surface area contributed by atoms with Crippen LogP contribution in [0.1, 0.15) is 16.1 Å². The standard InChI is InChI=1S/C20H18N4O2/c1-26-18-9-5-3-7-15(18)21-20(25)16-10-11-19(23-22-16)24-13-12-14-6-2-4-8-17(14)24/h2-11H,12-13H2,1H3,(H,21,25). The lowest BCUT2D eigenvalue weighted by Crippen LogP contribution is -2.18. The van der Waals surface area contributed by atoms with E-state index in [4.69, 9.17) is 4.74 Å². The van der Waals surface area contributed by atoms with Gasteiger partial charge in [-0.1, -0.05) is 30.3 Å². The van der Waals surface area contributed by atoms with Crippen LogP contribution in [0.2, 0.25) is 0 Å². The number of hydrogen-bond donors (Lipinski definition) is 1. The number of ether oxygens (including phenoxy) is 1. The maximum absolute atomic E-state index is 12.4. The first-order valence-corrected chi connectivity index (χ1v) is 8.40. The molecule has 1 aliphatic heterocycles. The zero-order chi connectivity index (χ0) is 17.9. The van der Waals surface area contributed by atoms with E-state index in [0.29, 0.717) is 11.4 Å². The molecule has 1 amide bonds. The molecule has 1 aromatic heterocycles. The summed E-state index contributed by atoms with van der Waals surface area (Å²) in [5, 5.41) is 11.2. The maximum Gasteiger partial charge on any atom is 0.276 e. The molecular weight excluding hydrogens is 328 g/mol. The largest absolute Gasteiger partial charge is 0.495 e. The molecule has 0 aliphatic carbocycles. The van der Waals surface area contributed by atoms with Crippen molar-refractivity contribution in [3.8, 4) is 5.75 Å². The predicted molar refractivity (Wildman–Crippen MR) is 100 cm³/mol. The van der Waals surface area contributed by atoms with Crippen LogP contribution in [0.15, 0.2) is 60.7 Å². The van der Waals surface area contributed by atoms with Gasteiger partial charge in [-0.15, -0.1) is 10.2 Å². The number of para-hydroxylation sites is 3. The van der Waals surface area contributed by atoms with Gasteiger partial charge in [0.05, 0.1) is 12.8 Å². The van der Waals surface area contributed by atoms with Crippen molar-refractivity contribution in [2.45, 2.75) is 6.42 Å². The van der Waals surface area contributed by atoms with Crippen molar-refractivity contribution < 1.29 is 9.53 Å². The second-order valence-corrected chi connectivity index (χ2v) is 5.96. The lowest BCUT2D eigenvalue weighted by Gasteiger charge is -2.17. The lowest BCUT2D eigenvalue weighted by atomic mass is 10.2. The fraction of sp³-hybridized carbons (Fsp3) is 0.150. The number of hydrogen-bond acceptors (Lipinski definition) is 5. The summed E-state index contributed by atoms with van der Waals surface area (Å²) in [5.41, 5.74) is 3.30. The molecule has 0 atom stereocenters. The van der Waals surface area contributed by atoms with Crippen LogP contribution in [0.4, 0.5) is 17.2 Å². The molecule has 2 heterocycles. The Balaban J connectivity index is 1.52. The van der Waals surface area contributed by atoms with Gasteiger partial charge in [-0.25, -0.2) is 0 Å². The van der Waals surface area contributed by atoms with Crippen molar-refractivity contribution in [2.24, 2.45) is 0 Å². The molecule has 3 aromatic rings. The number of fused-ring (bicyclic) bond motifs is 1. The van der Waals surface area contributed by atoms with Crippen LogP contribution >= 0.6 is 0 Å². The van der Waals surface area contributed by atoms with E-state index in [1.54, 1.807) is 25.3 Å². The number of benzene rings is 2. The average molecular weight is 346 g/mol. The third-order valence-electron chi connectivity index (χ3n) is 4.40. The van der Waals surface area contributed by atoms with Crippen molar-refractivity contribution in [1.82, 2.24) is 10.2 Å². The molecule has 6 heteroatoms. The van der Waals surface area contributed by atoms with Gasteiger partial charge in [0.1, 0.15) is 5.75 Å². The van der Waals surface area contributed by atoms with Gasteiger partial charge in [0.2, 0.25) is 0 Å². The van der Waals surface area contributed by atoms with E-state index in [2.05, 4.69) is 32.5 Å². The number of carbonyl (C=O) groups excluding carboxylic acids is 1. The minimum absolute atomic E-state index is 0.257. The molecule has 0 spiro atoms. The van der Waals surface area contributed by atoms with Gasteiger partial charge in [0, 0.05) is 12.2 Å². The molecule has 1 N–H and O–H groups in total. The SMILES string of the molecule is COc1ccccc1NC(=O)c1ccc(N2CCc3ccccc32)nn1. The molecule has 6 nitrogen and oxygen atoms in total. The molecule has 0 fully saturated rings. The first-order chi connectivity index (χ1) is 12.8. The number of methoxy groups -OCH3 is 1. The molecule has 0 bridgehead atoms. The van der Waals surface area contributed by atoms with Gasteiger partial charge in [-0.2, -0.15) is 0 Å². The summed E-state index contributed by atoms with van der Waals surface area (Å²) in [7, 11) is 1.56. The summed E-state index contributed by atoms with van der Waals surface area (Å²) >= 11 is 0. The molecule has 0 saturated carbocycles. The minimum Gasteiger partial charge on any atom is -0.495 e. The Labute approximate surface area is 151 Å². The highest BCUT2D eigenvalue weighted by atomic mass is 16.5. The molecule has 0 radical (unpaired) electrons. The van der Waals surface area contributed by atoms with E-state index in [1.165, 1.54) is 5.56 Å². The van der Waals surface area contributed by atoms with Gasteiger partial charge >= 0.3 is 0 Å². The first kappa shape index (κ1) is 16.1.